The van der Waals surface area contributed by atoms with E-state index in [1.54, 1.807) is 0 Å². The van der Waals surface area contributed by atoms with E-state index in [2.05, 4.69) is 36.3 Å². The maximum absolute atomic E-state index is 5.34. The Balaban J connectivity index is 1.40. The van der Waals surface area contributed by atoms with E-state index < -0.39 is 0 Å². The van der Waals surface area contributed by atoms with Crippen molar-refractivity contribution in [2.45, 2.75) is 17.7 Å². The van der Waals surface area contributed by atoms with E-state index in [1.165, 1.54) is 17.3 Å². The van der Waals surface area contributed by atoms with Crippen LogP contribution in [0.1, 0.15) is 11.5 Å². The normalized spacial score (nSPS) is 10.9. The van der Waals surface area contributed by atoms with Crippen molar-refractivity contribution in [3.05, 3.63) is 76.6 Å². The van der Waals surface area contributed by atoms with E-state index in [1.807, 2.05) is 67.6 Å². The van der Waals surface area contributed by atoms with Gasteiger partial charge in [-0.05, 0) is 31.2 Å². The Kier molecular flexibility index (Phi) is 5.31. The molecule has 0 atom stereocenters. The van der Waals surface area contributed by atoms with Crippen molar-refractivity contribution < 1.29 is 4.52 Å². The molecule has 0 saturated carbocycles. The van der Waals surface area contributed by atoms with E-state index in [-0.39, 0.29) is 0 Å². The summed E-state index contributed by atoms with van der Waals surface area (Å²) in [4.78, 5) is 4.45. The summed E-state index contributed by atoms with van der Waals surface area (Å²) in [6.45, 7) is 2.05. The molecule has 7 heteroatoms. The number of benzene rings is 2. The summed E-state index contributed by atoms with van der Waals surface area (Å²) in [6.07, 6.45) is 0. The van der Waals surface area contributed by atoms with Gasteiger partial charge in [0, 0.05) is 15.6 Å². The average Bonchev–Trinajstić information content (AvgIpc) is 3.17. The second-order valence-corrected chi connectivity index (χ2v) is 7.84. The second kappa shape index (κ2) is 8.02. The minimum atomic E-state index is 0.547. The predicted molar refractivity (Wildman–Crippen MR) is 109 cm³/mol. The van der Waals surface area contributed by atoms with Crippen LogP contribution in [0.15, 0.2) is 74.7 Å². The van der Waals surface area contributed by atoms with Crippen molar-refractivity contribution >= 4 is 27.7 Å². The van der Waals surface area contributed by atoms with Crippen molar-refractivity contribution in [3.63, 3.8) is 0 Å². The van der Waals surface area contributed by atoms with E-state index in [4.69, 9.17) is 4.52 Å². The number of rotatable bonds is 5. The van der Waals surface area contributed by atoms with Gasteiger partial charge in [-0.15, -0.1) is 10.2 Å². The Morgan fingerprint density at radius 3 is 2.33 bits per heavy atom. The van der Waals surface area contributed by atoms with Crippen LogP contribution in [0.4, 0.5) is 0 Å². The van der Waals surface area contributed by atoms with Gasteiger partial charge in [-0.1, -0.05) is 74.8 Å². The Hall–Kier alpha value is -2.51. The lowest BCUT2D eigenvalue weighted by Crippen LogP contribution is -1.90. The van der Waals surface area contributed by atoms with Crippen LogP contribution >= 0.6 is 27.7 Å². The van der Waals surface area contributed by atoms with Crippen LogP contribution in [0.3, 0.4) is 0 Å². The summed E-state index contributed by atoms with van der Waals surface area (Å²) in [5.74, 6) is 1.71. The minimum absolute atomic E-state index is 0.547. The number of hydrogen-bond acceptors (Lipinski definition) is 6. The van der Waals surface area contributed by atoms with Crippen LogP contribution in [0, 0.1) is 6.92 Å². The lowest BCUT2D eigenvalue weighted by molar-refractivity contribution is 0.391. The highest BCUT2D eigenvalue weighted by Crippen LogP contribution is 2.24. The number of aromatic nitrogens is 4. The molecule has 4 rings (SSSR count). The summed E-state index contributed by atoms with van der Waals surface area (Å²) in [6, 6.07) is 19.9. The molecule has 2 aromatic heterocycles. The Morgan fingerprint density at radius 2 is 1.63 bits per heavy atom. The molecule has 0 fully saturated rings. The van der Waals surface area contributed by atoms with Crippen molar-refractivity contribution in [2.75, 3.05) is 0 Å². The lowest BCUT2D eigenvalue weighted by Gasteiger charge is -2.01. The Labute approximate surface area is 169 Å². The first-order chi connectivity index (χ1) is 13.2. The van der Waals surface area contributed by atoms with Crippen LogP contribution in [-0.2, 0) is 5.75 Å². The van der Waals surface area contributed by atoms with Crippen molar-refractivity contribution in [1.29, 1.82) is 0 Å². The molecule has 134 valence electrons. The first-order valence-corrected chi connectivity index (χ1v) is 10.1. The molecule has 0 radical (unpaired) electrons. The van der Waals surface area contributed by atoms with Gasteiger partial charge in [-0.2, -0.15) is 4.98 Å². The molecule has 0 aliphatic heterocycles. The molecular formula is C20H15BrN4OS. The van der Waals surface area contributed by atoms with Crippen LogP contribution < -0.4 is 0 Å². The van der Waals surface area contributed by atoms with Gasteiger partial charge in [0.1, 0.15) is 5.03 Å². The van der Waals surface area contributed by atoms with Gasteiger partial charge in [0.25, 0.3) is 0 Å². The summed E-state index contributed by atoms with van der Waals surface area (Å²) < 4.78 is 6.38. The molecular weight excluding hydrogens is 424 g/mol. The molecule has 0 unspecified atom stereocenters. The third-order valence-electron chi connectivity index (χ3n) is 3.90. The fourth-order valence-corrected chi connectivity index (χ4v) is 3.36. The van der Waals surface area contributed by atoms with Gasteiger partial charge in [0.05, 0.1) is 11.4 Å². The predicted octanol–water partition coefficient (Wildman–Crippen LogP) is 5.56. The Bertz CT molecular complexity index is 1030. The van der Waals surface area contributed by atoms with E-state index in [0.717, 1.165) is 26.3 Å². The van der Waals surface area contributed by atoms with E-state index >= 15 is 0 Å². The van der Waals surface area contributed by atoms with Gasteiger partial charge in [-0.25, -0.2) is 0 Å². The lowest BCUT2D eigenvalue weighted by atomic mass is 10.1. The molecule has 4 aromatic rings. The summed E-state index contributed by atoms with van der Waals surface area (Å²) >= 11 is 4.95. The van der Waals surface area contributed by atoms with Crippen LogP contribution in [0.5, 0.6) is 0 Å². The highest BCUT2D eigenvalue weighted by atomic mass is 79.9. The first kappa shape index (κ1) is 17.9. The van der Waals surface area contributed by atoms with E-state index in [9.17, 15) is 0 Å². The highest BCUT2D eigenvalue weighted by Gasteiger charge is 2.10. The number of thioether (sulfide) groups is 1. The van der Waals surface area contributed by atoms with Crippen molar-refractivity contribution in [3.8, 4) is 22.6 Å². The maximum atomic E-state index is 5.34. The van der Waals surface area contributed by atoms with Gasteiger partial charge < -0.3 is 4.52 Å². The van der Waals surface area contributed by atoms with Crippen LogP contribution in [-0.4, -0.2) is 20.3 Å². The van der Waals surface area contributed by atoms with Gasteiger partial charge in [0.2, 0.25) is 11.7 Å². The van der Waals surface area contributed by atoms with Crippen LogP contribution in [0.2, 0.25) is 0 Å². The SMILES string of the molecule is Cc1ccc(-c2noc(CSc3ccc(-c4ccc(Br)cc4)nn3)n2)cc1. The average molecular weight is 439 g/mol. The number of halogens is 1. The van der Waals surface area contributed by atoms with Gasteiger partial charge in [-0.3, -0.25) is 0 Å². The molecule has 0 aliphatic carbocycles. The monoisotopic (exact) mass is 438 g/mol. The standard InChI is InChI=1S/C20H15BrN4OS/c1-13-2-4-15(5-3-13)20-22-18(26-25-20)12-27-19-11-10-17(23-24-19)14-6-8-16(21)9-7-14/h2-11H,12H2,1H3. The smallest absolute Gasteiger partial charge is 0.237 e. The zero-order chi connectivity index (χ0) is 18.6. The largest absolute Gasteiger partial charge is 0.338 e. The molecule has 5 nitrogen and oxygen atoms in total. The molecule has 27 heavy (non-hydrogen) atoms. The fourth-order valence-electron chi connectivity index (χ4n) is 2.44. The van der Waals surface area contributed by atoms with Crippen molar-refractivity contribution in [2.24, 2.45) is 0 Å². The van der Waals surface area contributed by atoms with Gasteiger partial charge in [0.15, 0.2) is 0 Å². The molecule has 2 heterocycles. The van der Waals surface area contributed by atoms with Crippen LogP contribution in [0.25, 0.3) is 22.6 Å². The fraction of sp³-hybridized carbons (Fsp3) is 0.100. The minimum Gasteiger partial charge on any atom is -0.338 e. The number of hydrogen-bond donors (Lipinski definition) is 0. The maximum Gasteiger partial charge on any atom is 0.237 e. The quantitative estimate of drug-likeness (QED) is 0.380. The zero-order valence-electron chi connectivity index (χ0n) is 14.5. The zero-order valence-corrected chi connectivity index (χ0v) is 16.9. The Morgan fingerprint density at radius 1 is 0.889 bits per heavy atom. The van der Waals surface area contributed by atoms with Crippen molar-refractivity contribution in [1.82, 2.24) is 20.3 Å². The third kappa shape index (κ3) is 4.43. The molecule has 0 spiro atoms. The first-order valence-electron chi connectivity index (χ1n) is 8.29. The summed E-state index contributed by atoms with van der Waals surface area (Å²) in [5.41, 5.74) is 4.01. The molecule has 0 saturated heterocycles. The highest BCUT2D eigenvalue weighted by molar-refractivity contribution is 9.10. The molecule has 0 bridgehead atoms. The second-order valence-electron chi connectivity index (χ2n) is 5.93. The van der Waals surface area contributed by atoms with E-state index in [0.29, 0.717) is 17.5 Å². The number of nitrogens with zero attached hydrogens (tertiary/aromatic N) is 4. The molecule has 0 N–H and O–H groups in total. The molecule has 2 aromatic carbocycles. The summed E-state index contributed by atoms with van der Waals surface area (Å²) in [5, 5.41) is 13.4. The third-order valence-corrected chi connectivity index (χ3v) is 5.33. The topological polar surface area (TPSA) is 64.7 Å². The molecule has 0 aliphatic rings. The summed E-state index contributed by atoms with van der Waals surface area (Å²) in [7, 11) is 0. The van der Waals surface area contributed by atoms with Gasteiger partial charge >= 0.3 is 0 Å². The molecule has 0 amide bonds. The number of aryl methyl sites for hydroxylation is 1.